The van der Waals surface area contributed by atoms with Crippen molar-refractivity contribution in [2.24, 2.45) is 10.7 Å². The topological polar surface area (TPSA) is 75.4 Å². The molecule has 0 radical (unpaired) electrons. The molecule has 0 aromatic heterocycles. The third kappa shape index (κ3) is 6.75. The Hall–Kier alpha value is -3.00. The number of halogens is 1. The lowest BCUT2D eigenvalue weighted by Crippen LogP contribution is -2.47. The smallest absolute Gasteiger partial charge is 0.188 e. The summed E-state index contributed by atoms with van der Waals surface area (Å²) < 4.78 is 24.5. The highest BCUT2D eigenvalue weighted by Gasteiger charge is 2.18. The van der Waals surface area contributed by atoms with Gasteiger partial charge >= 0.3 is 0 Å². The van der Waals surface area contributed by atoms with E-state index in [1.165, 1.54) is 6.07 Å². The van der Waals surface area contributed by atoms with Crippen LogP contribution in [0.1, 0.15) is 12.0 Å². The Kier molecular flexibility index (Phi) is 8.98. The molecule has 7 nitrogen and oxygen atoms in total. The quantitative estimate of drug-likeness (QED) is 0.334. The molecule has 32 heavy (non-hydrogen) atoms. The summed E-state index contributed by atoms with van der Waals surface area (Å²) in [5.41, 5.74) is 7.83. The maximum absolute atomic E-state index is 13.9. The third-order valence-electron chi connectivity index (χ3n) is 5.65. The zero-order valence-corrected chi connectivity index (χ0v) is 19.0. The Balaban J connectivity index is 1.31. The Morgan fingerprint density at radius 1 is 1.06 bits per heavy atom. The van der Waals surface area contributed by atoms with E-state index in [2.05, 4.69) is 20.1 Å². The van der Waals surface area contributed by atoms with Gasteiger partial charge in [0.1, 0.15) is 5.82 Å². The fourth-order valence-electron chi connectivity index (χ4n) is 3.84. The van der Waals surface area contributed by atoms with Crippen molar-refractivity contribution >= 4 is 11.6 Å². The number of methoxy groups -OCH3 is 2. The summed E-state index contributed by atoms with van der Waals surface area (Å²) in [6.45, 7) is 5.88. The maximum atomic E-state index is 13.9. The Morgan fingerprint density at radius 3 is 2.53 bits per heavy atom. The van der Waals surface area contributed by atoms with Crippen LogP contribution in [0.5, 0.6) is 11.5 Å². The lowest BCUT2D eigenvalue weighted by atomic mass is 10.1. The summed E-state index contributed by atoms with van der Waals surface area (Å²) in [6, 6.07) is 12.9. The number of para-hydroxylation sites is 1. The number of hydrogen-bond acceptors (Lipinski definition) is 5. The first-order valence-corrected chi connectivity index (χ1v) is 11.1. The SMILES string of the molecule is COc1ccc(CCNC(N)=NCCCN2CCN(c3ccccc3F)CC2)cc1OC. The van der Waals surface area contributed by atoms with E-state index >= 15 is 0 Å². The number of nitrogens with two attached hydrogens (primary N) is 1. The lowest BCUT2D eigenvalue weighted by Gasteiger charge is -2.36. The van der Waals surface area contributed by atoms with Crippen LogP contribution in [0.25, 0.3) is 0 Å². The Labute approximate surface area is 190 Å². The van der Waals surface area contributed by atoms with Gasteiger partial charge in [-0.2, -0.15) is 0 Å². The molecule has 8 heteroatoms. The predicted octanol–water partition coefficient (Wildman–Crippen LogP) is 2.50. The van der Waals surface area contributed by atoms with E-state index in [9.17, 15) is 4.39 Å². The second kappa shape index (κ2) is 12.1. The van der Waals surface area contributed by atoms with E-state index in [4.69, 9.17) is 15.2 Å². The molecular weight excluding hydrogens is 409 g/mol. The van der Waals surface area contributed by atoms with Crippen molar-refractivity contribution in [3.05, 3.63) is 53.8 Å². The van der Waals surface area contributed by atoms with E-state index in [-0.39, 0.29) is 5.82 Å². The molecule has 0 amide bonds. The van der Waals surface area contributed by atoms with E-state index < -0.39 is 0 Å². The van der Waals surface area contributed by atoms with Crippen LogP contribution in [-0.2, 0) is 6.42 Å². The largest absolute Gasteiger partial charge is 0.493 e. The van der Waals surface area contributed by atoms with Gasteiger partial charge in [-0.25, -0.2) is 4.39 Å². The summed E-state index contributed by atoms with van der Waals surface area (Å²) in [5, 5.41) is 3.16. The van der Waals surface area contributed by atoms with Gasteiger partial charge in [0.2, 0.25) is 0 Å². The van der Waals surface area contributed by atoms with Gasteiger partial charge < -0.3 is 25.4 Å². The minimum atomic E-state index is -0.149. The standard InChI is InChI=1S/C24H34FN5O2/c1-31-22-9-8-19(18-23(22)32-2)10-12-28-24(26)27-11-5-13-29-14-16-30(17-15-29)21-7-4-3-6-20(21)25/h3-4,6-9,18H,5,10-17H2,1-2H3,(H3,26,27,28). The zero-order chi connectivity index (χ0) is 22.8. The molecular formula is C24H34FN5O2. The van der Waals surface area contributed by atoms with Gasteiger partial charge in [-0.1, -0.05) is 18.2 Å². The molecule has 1 fully saturated rings. The van der Waals surface area contributed by atoms with E-state index in [0.29, 0.717) is 24.7 Å². The summed E-state index contributed by atoms with van der Waals surface area (Å²) >= 11 is 0. The Morgan fingerprint density at radius 2 is 1.81 bits per heavy atom. The lowest BCUT2D eigenvalue weighted by molar-refractivity contribution is 0.256. The molecule has 174 valence electrons. The maximum Gasteiger partial charge on any atom is 0.188 e. The van der Waals surface area contributed by atoms with Crippen LogP contribution in [0.3, 0.4) is 0 Å². The highest BCUT2D eigenvalue weighted by molar-refractivity contribution is 5.77. The van der Waals surface area contributed by atoms with E-state index in [1.807, 2.05) is 30.3 Å². The second-order valence-corrected chi connectivity index (χ2v) is 7.77. The van der Waals surface area contributed by atoms with Crippen LogP contribution in [0.15, 0.2) is 47.5 Å². The fourth-order valence-corrected chi connectivity index (χ4v) is 3.84. The summed E-state index contributed by atoms with van der Waals surface area (Å²) in [7, 11) is 3.26. The number of aliphatic imine (C=N–C) groups is 1. The first kappa shape index (κ1) is 23.7. The number of rotatable bonds is 10. The molecule has 1 heterocycles. The van der Waals surface area contributed by atoms with Crippen molar-refractivity contribution < 1.29 is 13.9 Å². The van der Waals surface area contributed by atoms with Crippen molar-refractivity contribution in [1.82, 2.24) is 10.2 Å². The van der Waals surface area contributed by atoms with Gasteiger partial charge in [0.15, 0.2) is 17.5 Å². The van der Waals surface area contributed by atoms with Crippen molar-refractivity contribution in [3.8, 4) is 11.5 Å². The van der Waals surface area contributed by atoms with Crippen LogP contribution in [0, 0.1) is 5.82 Å². The number of anilines is 1. The first-order chi connectivity index (χ1) is 15.6. The summed E-state index contributed by atoms with van der Waals surface area (Å²) in [4.78, 5) is 8.94. The summed E-state index contributed by atoms with van der Waals surface area (Å²) in [6.07, 6.45) is 1.75. The van der Waals surface area contributed by atoms with Crippen molar-refractivity contribution in [3.63, 3.8) is 0 Å². The molecule has 0 atom stereocenters. The molecule has 3 rings (SSSR count). The second-order valence-electron chi connectivity index (χ2n) is 7.77. The van der Waals surface area contributed by atoms with Gasteiger partial charge in [0.25, 0.3) is 0 Å². The number of benzene rings is 2. The van der Waals surface area contributed by atoms with Crippen molar-refractivity contribution in [1.29, 1.82) is 0 Å². The van der Waals surface area contributed by atoms with Crippen molar-refractivity contribution in [2.45, 2.75) is 12.8 Å². The predicted molar refractivity (Wildman–Crippen MR) is 127 cm³/mol. The molecule has 0 aliphatic carbocycles. The highest BCUT2D eigenvalue weighted by Crippen LogP contribution is 2.27. The molecule has 3 N–H and O–H groups in total. The van der Waals surface area contributed by atoms with E-state index in [1.54, 1.807) is 20.3 Å². The normalized spacial score (nSPS) is 15.0. The van der Waals surface area contributed by atoms with Crippen LogP contribution in [0.2, 0.25) is 0 Å². The van der Waals surface area contributed by atoms with Gasteiger partial charge in [-0.05, 0) is 42.7 Å². The number of nitrogens with one attached hydrogen (secondary N) is 1. The number of nitrogens with zero attached hydrogens (tertiary/aromatic N) is 3. The monoisotopic (exact) mass is 443 g/mol. The first-order valence-electron chi connectivity index (χ1n) is 11.1. The molecule has 0 spiro atoms. The van der Waals surface area contributed by atoms with Gasteiger partial charge in [-0.3, -0.25) is 9.89 Å². The molecule has 0 bridgehead atoms. The fraction of sp³-hybridized carbons (Fsp3) is 0.458. The molecule has 2 aromatic carbocycles. The van der Waals surface area contributed by atoms with E-state index in [0.717, 1.165) is 62.6 Å². The zero-order valence-electron chi connectivity index (χ0n) is 19.0. The van der Waals surface area contributed by atoms with Crippen LogP contribution in [-0.4, -0.2) is 70.9 Å². The van der Waals surface area contributed by atoms with Crippen LogP contribution in [0.4, 0.5) is 10.1 Å². The molecule has 2 aromatic rings. The number of ether oxygens (including phenoxy) is 2. The van der Waals surface area contributed by atoms with Crippen LogP contribution >= 0.6 is 0 Å². The van der Waals surface area contributed by atoms with Gasteiger partial charge in [0.05, 0.1) is 19.9 Å². The van der Waals surface area contributed by atoms with Crippen LogP contribution < -0.4 is 25.4 Å². The average Bonchev–Trinajstić information content (AvgIpc) is 2.82. The molecule has 1 aliphatic heterocycles. The van der Waals surface area contributed by atoms with Gasteiger partial charge in [-0.15, -0.1) is 0 Å². The Bertz CT molecular complexity index is 884. The average molecular weight is 444 g/mol. The molecule has 0 saturated carbocycles. The molecule has 1 aliphatic rings. The highest BCUT2D eigenvalue weighted by atomic mass is 19.1. The molecule has 0 unspecified atom stereocenters. The number of piperazine rings is 1. The third-order valence-corrected chi connectivity index (χ3v) is 5.65. The number of hydrogen-bond donors (Lipinski definition) is 2. The minimum absolute atomic E-state index is 0.149. The minimum Gasteiger partial charge on any atom is -0.493 e. The summed E-state index contributed by atoms with van der Waals surface area (Å²) in [5.74, 6) is 1.76. The molecule has 1 saturated heterocycles. The van der Waals surface area contributed by atoms with Gasteiger partial charge in [0, 0.05) is 45.8 Å². The number of guanidine groups is 1. The van der Waals surface area contributed by atoms with Crippen molar-refractivity contribution in [2.75, 3.05) is 64.9 Å².